The Kier molecular flexibility index (Phi) is 4.25. The van der Waals surface area contributed by atoms with Crippen molar-refractivity contribution in [2.45, 2.75) is 77.8 Å². The van der Waals surface area contributed by atoms with Crippen LogP contribution in [0.4, 0.5) is 0 Å². The molecule has 0 aliphatic rings. The first-order valence-corrected chi connectivity index (χ1v) is 10.2. The molecule has 14 heavy (non-hydrogen) atoms. The van der Waals surface area contributed by atoms with Gasteiger partial charge in [0.2, 0.25) is 0 Å². The Hall–Kier alpha value is 1.22. The normalized spacial score (nSPS) is 15.8. The fourth-order valence-electron chi connectivity index (χ4n) is 3.02. The van der Waals surface area contributed by atoms with Crippen molar-refractivity contribution in [2.75, 3.05) is 0 Å². The summed E-state index contributed by atoms with van der Waals surface area (Å²) in [5, 5.41) is 1.32. The second-order valence-electron chi connectivity index (χ2n) is 7.12. The molecule has 0 bridgehead atoms. The van der Waals surface area contributed by atoms with Crippen molar-refractivity contribution in [1.29, 1.82) is 0 Å². The van der Waals surface area contributed by atoms with Crippen molar-refractivity contribution in [3.63, 3.8) is 0 Å². The molecule has 0 aromatic carbocycles. The van der Waals surface area contributed by atoms with E-state index in [4.69, 9.17) is 0 Å². The molecular weight excluding hydrogens is 303 g/mol. The van der Waals surface area contributed by atoms with Gasteiger partial charge in [-0.05, 0) is 0 Å². The first-order chi connectivity index (χ1) is 5.75. The molecule has 0 fully saturated rings. The standard InChI is InChI=1S/C12H27PTe/c1-10(2,3)13(14,11(4,5)6)12(7,8)9/h1-9H3. The van der Waals surface area contributed by atoms with Gasteiger partial charge in [-0.25, -0.2) is 0 Å². The SMILES string of the molecule is CC(C)(C)P(=[Te])(C(C)(C)C)C(C)(C)C. The number of hydrogen-bond acceptors (Lipinski definition) is 0. The summed E-state index contributed by atoms with van der Waals surface area (Å²) in [6.07, 6.45) is 0. The molecule has 0 aliphatic carbocycles. The van der Waals surface area contributed by atoms with Crippen molar-refractivity contribution < 1.29 is 0 Å². The zero-order valence-electron chi connectivity index (χ0n) is 11.4. The van der Waals surface area contributed by atoms with Gasteiger partial charge in [-0.3, -0.25) is 0 Å². The van der Waals surface area contributed by atoms with E-state index in [1.54, 1.807) is 0 Å². The van der Waals surface area contributed by atoms with Crippen LogP contribution >= 0.6 is 4.49 Å². The Morgan fingerprint density at radius 2 is 0.714 bits per heavy atom. The third-order valence-electron chi connectivity index (χ3n) is 2.83. The van der Waals surface area contributed by atoms with E-state index in [9.17, 15) is 0 Å². The van der Waals surface area contributed by atoms with Crippen LogP contribution in [0.2, 0.25) is 0 Å². The average Bonchev–Trinajstić information content (AvgIpc) is 1.77. The summed E-state index contributed by atoms with van der Waals surface area (Å²) in [6, 6.07) is 0. The van der Waals surface area contributed by atoms with Crippen LogP contribution in [0.1, 0.15) is 62.3 Å². The topological polar surface area (TPSA) is 0 Å². The minimum atomic E-state index is -1.01. The van der Waals surface area contributed by atoms with Crippen LogP contribution in [0.5, 0.6) is 0 Å². The molecule has 0 saturated carbocycles. The fourth-order valence-corrected chi connectivity index (χ4v) is 9.06. The third-order valence-corrected chi connectivity index (χ3v) is 22.6. The van der Waals surface area contributed by atoms with E-state index in [2.05, 4.69) is 83.5 Å². The second kappa shape index (κ2) is 3.91. The molecule has 0 heterocycles. The molecule has 0 radical (unpaired) electrons. The van der Waals surface area contributed by atoms with E-state index in [1.807, 2.05) is 0 Å². The van der Waals surface area contributed by atoms with Gasteiger partial charge < -0.3 is 0 Å². The van der Waals surface area contributed by atoms with Gasteiger partial charge in [0.15, 0.2) is 0 Å². The monoisotopic (exact) mass is 332 g/mol. The van der Waals surface area contributed by atoms with Gasteiger partial charge in [-0.15, -0.1) is 0 Å². The predicted molar refractivity (Wildman–Crippen MR) is 71.9 cm³/mol. The Morgan fingerprint density at radius 3 is 0.714 bits per heavy atom. The Labute approximate surface area is 103 Å². The van der Waals surface area contributed by atoms with Crippen LogP contribution in [0.25, 0.3) is 0 Å². The van der Waals surface area contributed by atoms with Crippen molar-refractivity contribution in [3.05, 3.63) is 0 Å². The molecule has 0 unspecified atom stereocenters. The Balaban J connectivity index is 5.69. The van der Waals surface area contributed by atoms with Gasteiger partial charge in [-0.1, -0.05) is 0 Å². The summed E-state index contributed by atoms with van der Waals surface area (Å²) in [5.41, 5.74) is 0. The van der Waals surface area contributed by atoms with E-state index in [0.29, 0.717) is 15.5 Å². The first kappa shape index (κ1) is 15.2. The van der Waals surface area contributed by atoms with Crippen LogP contribution in [0.15, 0.2) is 0 Å². The maximum absolute atomic E-state index is 2.46. The van der Waals surface area contributed by atoms with E-state index in [-0.39, 0.29) is 0 Å². The predicted octanol–water partition coefficient (Wildman–Crippen LogP) is 4.48. The van der Waals surface area contributed by atoms with Gasteiger partial charge in [0.25, 0.3) is 0 Å². The Morgan fingerprint density at radius 1 is 0.571 bits per heavy atom. The molecule has 0 saturated heterocycles. The van der Waals surface area contributed by atoms with Gasteiger partial charge in [0.05, 0.1) is 0 Å². The van der Waals surface area contributed by atoms with Crippen LogP contribution in [-0.4, -0.2) is 36.7 Å². The summed E-state index contributed by atoms with van der Waals surface area (Å²) in [6.45, 7) is 21.7. The van der Waals surface area contributed by atoms with Crippen LogP contribution < -0.4 is 0 Å². The fraction of sp³-hybridized carbons (Fsp3) is 1.00. The Bertz CT molecular complexity index is 202. The minimum absolute atomic E-state index is 0.438. The van der Waals surface area contributed by atoms with Gasteiger partial charge >= 0.3 is 104 Å². The average molecular weight is 330 g/mol. The van der Waals surface area contributed by atoms with E-state index < -0.39 is 4.49 Å². The van der Waals surface area contributed by atoms with Gasteiger partial charge in [0.1, 0.15) is 0 Å². The first-order valence-electron chi connectivity index (χ1n) is 5.35. The molecule has 0 spiro atoms. The molecule has 2 heteroatoms. The molecule has 0 N–H and O–H groups in total. The molecule has 0 atom stereocenters. The maximum atomic E-state index is 2.46. The summed E-state index contributed by atoms with van der Waals surface area (Å²) < 4.78 is -1.01. The third kappa shape index (κ3) is 2.48. The molecule has 0 aliphatic heterocycles. The second-order valence-corrected chi connectivity index (χ2v) is 17.1. The zero-order chi connectivity index (χ0) is 12.0. The van der Waals surface area contributed by atoms with Crippen LogP contribution in [-0.2, 0) is 0 Å². The van der Waals surface area contributed by atoms with Gasteiger partial charge in [-0.2, -0.15) is 0 Å². The summed E-state index contributed by atoms with van der Waals surface area (Å²) >= 11 is 2.46. The van der Waals surface area contributed by atoms with Crippen molar-refractivity contribution >= 4 is 25.7 Å². The molecule has 0 aromatic heterocycles. The molecule has 0 rings (SSSR count). The molecule has 0 aromatic rings. The van der Waals surface area contributed by atoms with Crippen molar-refractivity contribution in [1.82, 2.24) is 0 Å². The van der Waals surface area contributed by atoms with Gasteiger partial charge in [0, 0.05) is 0 Å². The molecule has 0 amide bonds. The molecular formula is C12H27PTe. The number of hydrogen-bond donors (Lipinski definition) is 0. The van der Waals surface area contributed by atoms with Crippen LogP contribution in [0.3, 0.4) is 0 Å². The molecule has 0 nitrogen and oxygen atoms in total. The van der Waals surface area contributed by atoms with Crippen molar-refractivity contribution in [2.24, 2.45) is 0 Å². The van der Waals surface area contributed by atoms with Crippen molar-refractivity contribution in [3.8, 4) is 0 Å². The zero-order valence-corrected chi connectivity index (χ0v) is 14.6. The molecule has 86 valence electrons. The quantitative estimate of drug-likeness (QED) is 0.454. The van der Waals surface area contributed by atoms with E-state index >= 15 is 0 Å². The summed E-state index contributed by atoms with van der Waals surface area (Å²) in [4.78, 5) is 0. The van der Waals surface area contributed by atoms with E-state index in [1.165, 1.54) is 0 Å². The summed E-state index contributed by atoms with van der Waals surface area (Å²) in [5.74, 6) is 0. The van der Waals surface area contributed by atoms with E-state index in [0.717, 1.165) is 0 Å². The van der Waals surface area contributed by atoms with Crippen LogP contribution in [0, 0.1) is 0 Å². The summed E-state index contributed by atoms with van der Waals surface area (Å²) in [7, 11) is 0. The number of rotatable bonds is 0.